The second kappa shape index (κ2) is 10.4. The van der Waals surface area contributed by atoms with Gasteiger partial charge in [-0.2, -0.15) is 0 Å². The van der Waals surface area contributed by atoms with Crippen molar-refractivity contribution >= 4 is 29.6 Å². The minimum Gasteiger partial charge on any atom is -0.466 e. The lowest BCUT2D eigenvalue weighted by Gasteiger charge is -2.16. The third kappa shape index (κ3) is 7.01. The highest BCUT2D eigenvalue weighted by molar-refractivity contribution is 8.02. The van der Waals surface area contributed by atoms with Crippen LogP contribution in [0.3, 0.4) is 0 Å². The number of carbonyl (C=O) groups is 3. The summed E-state index contributed by atoms with van der Waals surface area (Å²) in [5.74, 6) is -1.12. The van der Waals surface area contributed by atoms with E-state index < -0.39 is 18.0 Å². The molecule has 0 aromatic heterocycles. The molecule has 0 heterocycles. The fourth-order valence-electron chi connectivity index (χ4n) is 1.57. The van der Waals surface area contributed by atoms with E-state index in [0.717, 1.165) is 0 Å². The third-order valence-electron chi connectivity index (χ3n) is 2.68. The Morgan fingerprint density at radius 3 is 2.57 bits per heavy atom. The molecule has 23 heavy (non-hydrogen) atoms. The summed E-state index contributed by atoms with van der Waals surface area (Å²) in [6.07, 6.45) is 1.24. The van der Waals surface area contributed by atoms with Gasteiger partial charge in [0.05, 0.1) is 13.7 Å². The van der Waals surface area contributed by atoms with Crippen molar-refractivity contribution in [1.82, 2.24) is 5.32 Å². The summed E-state index contributed by atoms with van der Waals surface area (Å²) < 4.78 is 9.42. The number of hydrogen-bond acceptors (Lipinski definition) is 6. The van der Waals surface area contributed by atoms with Gasteiger partial charge in [-0.05, 0) is 24.5 Å². The zero-order valence-corrected chi connectivity index (χ0v) is 13.8. The van der Waals surface area contributed by atoms with Gasteiger partial charge in [0.2, 0.25) is 0 Å². The third-order valence-corrected chi connectivity index (χ3v) is 3.53. The summed E-state index contributed by atoms with van der Waals surface area (Å²) in [6, 6.07) is 7.77. The van der Waals surface area contributed by atoms with E-state index in [1.165, 1.54) is 30.4 Å². The number of hydrogen-bond donors (Lipinski definition) is 1. The second-order valence-electron chi connectivity index (χ2n) is 4.30. The summed E-state index contributed by atoms with van der Waals surface area (Å²) in [7, 11) is 1.28. The molecule has 0 unspecified atom stereocenters. The number of rotatable bonds is 8. The van der Waals surface area contributed by atoms with E-state index in [9.17, 15) is 14.4 Å². The quantitative estimate of drug-likeness (QED) is 0.575. The number of benzene rings is 1. The number of ether oxygens (including phenoxy) is 2. The first-order valence-electron chi connectivity index (χ1n) is 6.97. The fraction of sp³-hybridized carbons (Fsp3) is 0.312. The molecule has 1 aromatic carbocycles. The van der Waals surface area contributed by atoms with Crippen molar-refractivity contribution in [3.8, 4) is 0 Å². The Morgan fingerprint density at radius 2 is 1.96 bits per heavy atom. The van der Waals surface area contributed by atoms with Gasteiger partial charge >= 0.3 is 11.9 Å². The van der Waals surface area contributed by atoms with Gasteiger partial charge < -0.3 is 14.8 Å². The molecular weight excluding hydrogens is 318 g/mol. The van der Waals surface area contributed by atoms with Crippen LogP contribution in [0.5, 0.6) is 0 Å². The van der Waals surface area contributed by atoms with E-state index in [2.05, 4.69) is 10.1 Å². The molecule has 0 fully saturated rings. The van der Waals surface area contributed by atoms with Crippen molar-refractivity contribution in [1.29, 1.82) is 0 Å². The Morgan fingerprint density at radius 1 is 1.26 bits per heavy atom. The van der Waals surface area contributed by atoms with Crippen molar-refractivity contribution in [2.45, 2.75) is 13.0 Å². The van der Waals surface area contributed by atoms with Gasteiger partial charge in [0.1, 0.15) is 6.04 Å². The summed E-state index contributed by atoms with van der Waals surface area (Å²) >= 11 is 1.20. The Kier molecular flexibility index (Phi) is 8.52. The molecule has 0 saturated heterocycles. The minimum absolute atomic E-state index is 0.221. The number of methoxy groups -OCH3 is 1. The molecule has 1 N–H and O–H groups in total. The van der Waals surface area contributed by atoms with Crippen LogP contribution >= 0.6 is 11.8 Å². The first-order chi connectivity index (χ1) is 11.1. The smallest absolute Gasteiger partial charge is 0.330 e. The average Bonchev–Trinajstić information content (AvgIpc) is 2.58. The van der Waals surface area contributed by atoms with E-state index >= 15 is 0 Å². The molecule has 0 saturated carbocycles. The highest BCUT2D eigenvalue weighted by Crippen LogP contribution is 2.08. The molecule has 1 atom stereocenters. The lowest BCUT2D eigenvalue weighted by atomic mass is 10.2. The van der Waals surface area contributed by atoms with Gasteiger partial charge in [-0.15, -0.1) is 11.8 Å². The highest BCUT2D eigenvalue weighted by atomic mass is 32.2. The standard InChI is InChI=1S/C16H19NO5S/c1-3-22-16(20)13(11-23-10-9-14(18)21-2)17-15(19)12-7-5-4-6-8-12/h4-10,13H,3,11H2,1-2H3,(H,17,19)/b10-9+/t13-/m0/s1. The van der Waals surface area contributed by atoms with E-state index in [1.807, 2.05) is 0 Å². The van der Waals surface area contributed by atoms with Crippen LogP contribution in [-0.4, -0.2) is 43.4 Å². The molecule has 0 radical (unpaired) electrons. The molecule has 0 aliphatic carbocycles. The van der Waals surface area contributed by atoms with Gasteiger partial charge in [-0.25, -0.2) is 9.59 Å². The number of amides is 1. The Labute approximate surface area is 139 Å². The van der Waals surface area contributed by atoms with Gasteiger partial charge in [0.15, 0.2) is 0 Å². The van der Waals surface area contributed by atoms with Crippen molar-refractivity contribution in [2.75, 3.05) is 19.5 Å². The zero-order valence-electron chi connectivity index (χ0n) is 13.0. The normalized spacial score (nSPS) is 11.7. The molecule has 0 aliphatic rings. The van der Waals surface area contributed by atoms with Crippen LogP contribution in [0, 0.1) is 0 Å². The van der Waals surface area contributed by atoms with Gasteiger partial charge in [0, 0.05) is 17.4 Å². The first kappa shape index (κ1) is 18.8. The van der Waals surface area contributed by atoms with Crippen LogP contribution in [0.15, 0.2) is 41.8 Å². The summed E-state index contributed by atoms with van der Waals surface area (Å²) in [5.41, 5.74) is 0.455. The number of thioether (sulfide) groups is 1. The maximum atomic E-state index is 12.1. The van der Waals surface area contributed by atoms with Crippen LogP contribution in [-0.2, 0) is 19.1 Å². The van der Waals surface area contributed by atoms with Crippen LogP contribution in [0.1, 0.15) is 17.3 Å². The summed E-state index contributed by atoms with van der Waals surface area (Å²) in [5, 5.41) is 4.14. The molecule has 7 heteroatoms. The van der Waals surface area contributed by atoms with E-state index in [4.69, 9.17) is 4.74 Å². The zero-order chi connectivity index (χ0) is 17.1. The van der Waals surface area contributed by atoms with Crippen molar-refractivity contribution < 1.29 is 23.9 Å². The maximum Gasteiger partial charge on any atom is 0.330 e. The SMILES string of the molecule is CCOC(=O)[C@H](CS/C=C/C(=O)OC)NC(=O)c1ccccc1. The Bertz CT molecular complexity index is 559. The lowest BCUT2D eigenvalue weighted by molar-refractivity contribution is -0.144. The summed E-state index contributed by atoms with van der Waals surface area (Å²) in [4.78, 5) is 35.0. The molecule has 1 aromatic rings. The van der Waals surface area contributed by atoms with Gasteiger partial charge in [-0.3, -0.25) is 4.79 Å². The van der Waals surface area contributed by atoms with Crippen LogP contribution in [0.2, 0.25) is 0 Å². The minimum atomic E-state index is -0.810. The van der Waals surface area contributed by atoms with Crippen molar-refractivity contribution in [3.63, 3.8) is 0 Å². The lowest BCUT2D eigenvalue weighted by Crippen LogP contribution is -2.43. The fourth-order valence-corrected chi connectivity index (χ4v) is 2.30. The number of carbonyl (C=O) groups excluding carboxylic acids is 3. The maximum absolute atomic E-state index is 12.1. The first-order valence-corrected chi connectivity index (χ1v) is 8.02. The predicted octanol–water partition coefficient (Wildman–Crippen LogP) is 1.77. The van der Waals surface area contributed by atoms with E-state index in [1.54, 1.807) is 37.3 Å². The van der Waals surface area contributed by atoms with E-state index in [0.29, 0.717) is 5.56 Å². The molecular formula is C16H19NO5S. The second-order valence-corrected chi connectivity index (χ2v) is 5.24. The molecule has 1 rings (SSSR count). The van der Waals surface area contributed by atoms with E-state index in [-0.39, 0.29) is 18.3 Å². The van der Waals surface area contributed by atoms with Crippen LogP contribution in [0.4, 0.5) is 0 Å². The summed E-state index contributed by atoms with van der Waals surface area (Å²) in [6.45, 7) is 1.91. The number of esters is 2. The largest absolute Gasteiger partial charge is 0.466 e. The molecule has 0 bridgehead atoms. The van der Waals surface area contributed by atoms with Crippen molar-refractivity contribution in [2.24, 2.45) is 0 Å². The Hall–Kier alpha value is -2.28. The molecule has 0 spiro atoms. The Balaban J connectivity index is 2.65. The molecule has 0 aliphatic heterocycles. The van der Waals surface area contributed by atoms with Crippen molar-refractivity contribution in [3.05, 3.63) is 47.4 Å². The molecule has 1 amide bonds. The average molecular weight is 337 g/mol. The highest BCUT2D eigenvalue weighted by Gasteiger charge is 2.22. The van der Waals surface area contributed by atoms with Gasteiger partial charge in [-0.1, -0.05) is 18.2 Å². The number of nitrogens with one attached hydrogen (secondary N) is 1. The molecule has 6 nitrogen and oxygen atoms in total. The monoisotopic (exact) mass is 337 g/mol. The topological polar surface area (TPSA) is 81.7 Å². The molecule has 124 valence electrons. The van der Waals surface area contributed by atoms with Crippen LogP contribution in [0.25, 0.3) is 0 Å². The predicted molar refractivity (Wildman–Crippen MR) is 87.9 cm³/mol. The van der Waals surface area contributed by atoms with Gasteiger partial charge in [0.25, 0.3) is 5.91 Å². The van der Waals surface area contributed by atoms with Crippen LogP contribution < -0.4 is 5.32 Å².